The zero-order chi connectivity index (χ0) is 23.7. The molecule has 2 aromatic heterocycles. The Bertz CT molecular complexity index is 1200. The Labute approximate surface area is 178 Å². The highest BCUT2D eigenvalue weighted by Gasteiger charge is 2.72. The number of fused-ring (bicyclic) bond motifs is 2. The number of hydrogen-bond donors (Lipinski definition) is 7. The van der Waals surface area contributed by atoms with E-state index in [0.29, 0.717) is 5.65 Å². The van der Waals surface area contributed by atoms with E-state index in [2.05, 4.69) is 28.1 Å². The van der Waals surface area contributed by atoms with E-state index < -0.39 is 59.7 Å². The van der Waals surface area contributed by atoms with Crippen LogP contribution >= 0.6 is 23.5 Å². The second-order valence-electron chi connectivity index (χ2n) is 7.42. The number of imidazole rings is 1. The summed E-state index contributed by atoms with van der Waals surface area (Å²) >= 11 is 0. The first-order chi connectivity index (χ1) is 14.7. The van der Waals surface area contributed by atoms with Crippen molar-refractivity contribution >= 4 is 40.4 Å². The van der Waals surface area contributed by atoms with Gasteiger partial charge in [-0.05, 0) is 12.3 Å². The Morgan fingerprint density at radius 3 is 2.44 bits per heavy atom. The van der Waals surface area contributed by atoms with Gasteiger partial charge < -0.3 is 40.1 Å². The van der Waals surface area contributed by atoms with Crippen LogP contribution in [-0.4, -0.2) is 68.1 Å². The minimum atomic E-state index is -5.67. The molecular formula is C12H18N5O12P3. The lowest BCUT2D eigenvalue weighted by molar-refractivity contribution is -0.0297. The number of nitrogen functional groups attached to an aromatic ring is 1. The van der Waals surface area contributed by atoms with Gasteiger partial charge in [-0.1, -0.05) is 0 Å². The van der Waals surface area contributed by atoms with Crippen LogP contribution in [0.5, 0.6) is 0 Å². The summed E-state index contributed by atoms with van der Waals surface area (Å²) in [5.74, 6) is -0.370. The summed E-state index contributed by atoms with van der Waals surface area (Å²) in [4.78, 5) is 48.0. The van der Waals surface area contributed by atoms with Gasteiger partial charge in [-0.3, -0.25) is 4.52 Å². The molecule has 2 aromatic rings. The molecule has 8 N–H and O–H groups in total. The van der Waals surface area contributed by atoms with Crippen LogP contribution < -0.4 is 5.73 Å². The fourth-order valence-corrected chi connectivity index (χ4v) is 7.22. The minimum absolute atomic E-state index is 0.108. The topological polar surface area (TPSA) is 270 Å². The number of hydrogen-bond acceptors (Lipinski definition) is 12. The van der Waals surface area contributed by atoms with E-state index >= 15 is 0 Å². The molecule has 178 valence electrons. The molecule has 2 saturated carbocycles. The molecule has 3 unspecified atom stereocenters. The van der Waals surface area contributed by atoms with Crippen LogP contribution in [0.2, 0.25) is 0 Å². The zero-order valence-electron chi connectivity index (χ0n) is 15.7. The predicted molar refractivity (Wildman–Crippen MR) is 101 cm³/mol. The molecule has 2 aliphatic rings. The molecule has 0 radical (unpaired) electrons. The number of nitrogens with two attached hydrogens (primary N) is 1. The molecule has 20 heteroatoms. The highest BCUT2D eigenvalue weighted by molar-refractivity contribution is 7.66. The maximum Gasteiger partial charge on any atom is 0.490 e. The van der Waals surface area contributed by atoms with Gasteiger partial charge in [0.25, 0.3) is 0 Å². The summed E-state index contributed by atoms with van der Waals surface area (Å²) in [7, 11) is -16.6. The number of phosphoric acid groups is 3. The molecule has 2 fully saturated rings. The third-order valence-corrected chi connectivity index (χ3v) is 9.26. The van der Waals surface area contributed by atoms with Gasteiger partial charge >= 0.3 is 23.5 Å². The highest BCUT2D eigenvalue weighted by Crippen LogP contribution is 2.71. The third-order valence-electron chi connectivity index (χ3n) is 5.47. The molecule has 0 aromatic carbocycles. The maximum absolute atomic E-state index is 12.0. The Morgan fingerprint density at radius 1 is 1.09 bits per heavy atom. The van der Waals surface area contributed by atoms with Crippen molar-refractivity contribution in [1.82, 2.24) is 19.5 Å². The summed E-state index contributed by atoms with van der Waals surface area (Å²) in [6.45, 7) is -0.695. The van der Waals surface area contributed by atoms with Gasteiger partial charge in [0, 0.05) is 5.41 Å². The van der Waals surface area contributed by atoms with Gasteiger partial charge in [-0.15, -0.1) is 0 Å². The third kappa shape index (κ3) is 4.28. The first-order valence-electron chi connectivity index (χ1n) is 8.73. The molecule has 2 aliphatic carbocycles. The molecule has 7 atom stereocenters. The number of aliphatic hydroxyl groups excluding tert-OH is 2. The summed E-state index contributed by atoms with van der Waals surface area (Å²) < 4.78 is 47.6. The fraction of sp³-hybridized carbons (Fsp3) is 0.583. The van der Waals surface area contributed by atoms with Crippen LogP contribution in [0, 0.1) is 11.3 Å². The van der Waals surface area contributed by atoms with Crippen LogP contribution in [0.3, 0.4) is 0 Å². The SMILES string of the molecule is Nc1ncnc2c1ncn2[C@H]1[C@H](O)[C@H](O)C2(COP(=O)(O)OP(=O)(O)OP(=O)(O)O)C[C@H]12. The molecule has 0 saturated heterocycles. The zero-order valence-corrected chi connectivity index (χ0v) is 18.4. The van der Waals surface area contributed by atoms with Crippen molar-refractivity contribution in [2.75, 3.05) is 12.3 Å². The largest absolute Gasteiger partial charge is 0.490 e. The lowest BCUT2D eigenvalue weighted by Gasteiger charge is -2.24. The highest BCUT2D eigenvalue weighted by atomic mass is 31.3. The van der Waals surface area contributed by atoms with E-state index in [1.807, 2.05) is 0 Å². The molecule has 2 heterocycles. The molecule has 32 heavy (non-hydrogen) atoms. The first kappa shape index (κ1) is 23.8. The van der Waals surface area contributed by atoms with Crippen molar-refractivity contribution in [2.24, 2.45) is 11.3 Å². The smallest absolute Gasteiger partial charge is 0.390 e. The average molecular weight is 517 g/mol. The van der Waals surface area contributed by atoms with Crippen LogP contribution in [0.1, 0.15) is 12.5 Å². The molecule has 17 nitrogen and oxygen atoms in total. The van der Waals surface area contributed by atoms with Crippen molar-refractivity contribution in [2.45, 2.75) is 24.7 Å². The summed E-state index contributed by atoms with van der Waals surface area (Å²) in [6, 6.07) is -0.756. The average Bonchev–Trinajstić information content (AvgIpc) is 3.12. The van der Waals surface area contributed by atoms with Crippen molar-refractivity contribution < 1.29 is 56.6 Å². The predicted octanol–water partition coefficient (Wildman–Crippen LogP) is -0.965. The second-order valence-corrected chi connectivity index (χ2v) is 11.8. The van der Waals surface area contributed by atoms with Gasteiger partial charge in [0.05, 0.1) is 25.1 Å². The van der Waals surface area contributed by atoms with Crippen LogP contribution in [0.15, 0.2) is 12.7 Å². The van der Waals surface area contributed by atoms with Crippen molar-refractivity contribution in [3.63, 3.8) is 0 Å². The van der Waals surface area contributed by atoms with Crippen LogP contribution in [0.25, 0.3) is 11.2 Å². The number of rotatable bonds is 8. The molecule has 0 bridgehead atoms. The summed E-state index contributed by atoms with van der Waals surface area (Å²) in [6.07, 6.45) is -0.00416. The summed E-state index contributed by atoms with van der Waals surface area (Å²) in [5.41, 5.74) is 5.11. The van der Waals surface area contributed by atoms with E-state index in [1.165, 1.54) is 17.2 Å². The van der Waals surface area contributed by atoms with E-state index in [-0.39, 0.29) is 17.8 Å². The Kier molecular flexibility index (Phi) is 5.66. The van der Waals surface area contributed by atoms with Crippen molar-refractivity contribution in [1.29, 1.82) is 0 Å². The van der Waals surface area contributed by atoms with E-state index in [9.17, 15) is 33.7 Å². The summed E-state index contributed by atoms with van der Waals surface area (Å²) in [5, 5.41) is 21.2. The normalized spacial score (nSPS) is 33.6. The molecule has 0 aliphatic heterocycles. The van der Waals surface area contributed by atoms with Gasteiger partial charge in [0.1, 0.15) is 17.9 Å². The second kappa shape index (κ2) is 7.60. The number of phosphoric ester groups is 1. The monoisotopic (exact) mass is 517 g/mol. The number of aromatic nitrogens is 4. The number of nitrogens with zero attached hydrogens (tertiary/aromatic N) is 4. The van der Waals surface area contributed by atoms with Gasteiger partial charge in [0.2, 0.25) is 0 Å². The Balaban J connectivity index is 1.50. The Hall–Kier alpha value is -1.32. The van der Waals surface area contributed by atoms with Crippen LogP contribution in [-0.2, 0) is 26.8 Å². The van der Waals surface area contributed by atoms with Gasteiger partial charge in [-0.2, -0.15) is 8.62 Å². The van der Waals surface area contributed by atoms with Crippen molar-refractivity contribution in [3.05, 3.63) is 12.7 Å². The molecule has 0 amide bonds. The first-order valence-corrected chi connectivity index (χ1v) is 13.3. The Morgan fingerprint density at radius 2 is 1.78 bits per heavy atom. The van der Waals surface area contributed by atoms with E-state index in [1.54, 1.807) is 0 Å². The quantitative estimate of drug-likeness (QED) is 0.208. The number of anilines is 1. The van der Waals surface area contributed by atoms with Crippen LogP contribution in [0.4, 0.5) is 5.82 Å². The molecular weight excluding hydrogens is 499 g/mol. The minimum Gasteiger partial charge on any atom is -0.390 e. The maximum atomic E-state index is 12.0. The lowest BCUT2D eigenvalue weighted by atomic mass is 10.0. The number of aliphatic hydroxyl groups is 2. The fourth-order valence-electron chi connectivity index (χ4n) is 4.12. The molecule has 4 rings (SSSR count). The van der Waals surface area contributed by atoms with E-state index in [0.717, 1.165) is 0 Å². The molecule has 0 spiro atoms. The van der Waals surface area contributed by atoms with Gasteiger partial charge in [-0.25, -0.2) is 28.6 Å². The van der Waals surface area contributed by atoms with Gasteiger partial charge in [0.15, 0.2) is 11.5 Å². The standard InChI is InChI=1S/C12H18N5O12P3/c13-10-6-11(15-3-14-10)17(4-16-6)7-5-1-12(5,9(19)8(7)18)2-27-31(23,24)29-32(25,26)28-30(20,21)22/h3-5,7-9,18-19H,1-2H2,(H,23,24)(H,25,26)(H2,13,14,15)(H2,20,21,22)/t5-,7-,8+,9+,12?/m1/s1. The van der Waals surface area contributed by atoms with Crippen molar-refractivity contribution in [3.8, 4) is 0 Å². The van der Waals surface area contributed by atoms with E-state index in [4.69, 9.17) is 15.5 Å². The lowest BCUT2D eigenvalue weighted by Crippen LogP contribution is -2.35.